The molecule has 2 heteroatoms. The Morgan fingerprint density at radius 1 is 1.28 bits per heavy atom. The maximum absolute atomic E-state index is 3.71. The third-order valence-corrected chi connectivity index (χ3v) is 4.47. The highest BCUT2D eigenvalue weighted by Crippen LogP contribution is 2.29. The van der Waals surface area contributed by atoms with E-state index < -0.39 is 0 Å². The monoisotopic (exact) mass is 250 g/mol. The molecule has 2 nitrogen and oxygen atoms in total. The van der Waals surface area contributed by atoms with Gasteiger partial charge in [0.1, 0.15) is 0 Å². The van der Waals surface area contributed by atoms with Gasteiger partial charge < -0.3 is 5.32 Å². The highest BCUT2D eigenvalue weighted by atomic mass is 15.1. The van der Waals surface area contributed by atoms with Gasteiger partial charge in [0.25, 0.3) is 0 Å². The Morgan fingerprint density at radius 3 is 2.56 bits per heavy atom. The first kappa shape index (κ1) is 14.1. The summed E-state index contributed by atoms with van der Waals surface area (Å²) in [5, 5.41) is 3.71. The summed E-state index contributed by atoms with van der Waals surface area (Å²) in [6, 6.07) is 0.815. The topological polar surface area (TPSA) is 15.3 Å². The predicted molar refractivity (Wildman–Crippen MR) is 78.9 cm³/mol. The first-order valence-corrected chi connectivity index (χ1v) is 7.71. The van der Waals surface area contributed by atoms with Crippen molar-refractivity contribution in [2.24, 2.45) is 5.41 Å². The van der Waals surface area contributed by atoms with Crippen LogP contribution in [0.5, 0.6) is 0 Å². The third kappa shape index (κ3) is 4.10. The quantitative estimate of drug-likeness (QED) is 0.771. The first-order valence-electron chi connectivity index (χ1n) is 7.71. The Bertz CT molecular complexity index is 282. The van der Waals surface area contributed by atoms with Gasteiger partial charge in [-0.3, -0.25) is 4.90 Å². The van der Waals surface area contributed by atoms with Crippen LogP contribution in [0.25, 0.3) is 0 Å². The SMILES string of the molecule is CC(C)(C)C1=CCN(CCNC2CCCC2)CC1. The minimum Gasteiger partial charge on any atom is -0.313 e. The van der Waals surface area contributed by atoms with Crippen molar-refractivity contribution in [3.05, 3.63) is 11.6 Å². The molecule has 1 aliphatic carbocycles. The van der Waals surface area contributed by atoms with Gasteiger partial charge in [0.15, 0.2) is 0 Å². The lowest BCUT2D eigenvalue weighted by atomic mass is 9.83. The smallest absolute Gasteiger partial charge is 0.0166 e. The van der Waals surface area contributed by atoms with Crippen molar-refractivity contribution >= 4 is 0 Å². The molecule has 0 amide bonds. The maximum Gasteiger partial charge on any atom is 0.0166 e. The van der Waals surface area contributed by atoms with Crippen LogP contribution in [0.1, 0.15) is 52.9 Å². The van der Waals surface area contributed by atoms with Gasteiger partial charge in [0.05, 0.1) is 0 Å². The summed E-state index contributed by atoms with van der Waals surface area (Å²) in [4.78, 5) is 2.58. The van der Waals surface area contributed by atoms with Crippen LogP contribution in [0.3, 0.4) is 0 Å². The fourth-order valence-electron chi connectivity index (χ4n) is 3.15. The molecule has 1 N–H and O–H groups in total. The molecule has 0 atom stereocenters. The maximum atomic E-state index is 3.71. The molecule has 0 aromatic heterocycles. The first-order chi connectivity index (χ1) is 8.55. The average molecular weight is 250 g/mol. The lowest BCUT2D eigenvalue weighted by Crippen LogP contribution is -2.38. The zero-order valence-corrected chi connectivity index (χ0v) is 12.5. The van der Waals surface area contributed by atoms with Gasteiger partial charge in [-0.25, -0.2) is 0 Å². The molecule has 0 radical (unpaired) electrons. The summed E-state index contributed by atoms with van der Waals surface area (Å²) in [7, 11) is 0. The Morgan fingerprint density at radius 2 is 2.00 bits per heavy atom. The van der Waals surface area contributed by atoms with Crippen molar-refractivity contribution in [2.75, 3.05) is 26.2 Å². The molecular formula is C16H30N2. The Kier molecular flexibility index (Phi) is 4.85. The summed E-state index contributed by atoms with van der Waals surface area (Å²) in [6.45, 7) is 11.8. The number of nitrogens with zero attached hydrogens (tertiary/aromatic N) is 1. The van der Waals surface area contributed by atoms with Crippen LogP contribution in [0, 0.1) is 5.41 Å². The highest BCUT2D eigenvalue weighted by molar-refractivity contribution is 5.14. The summed E-state index contributed by atoms with van der Waals surface area (Å²) in [5.41, 5.74) is 2.01. The second kappa shape index (κ2) is 6.21. The van der Waals surface area contributed by atoms with E-state index in [0.717, 1.165) is 12.6 Å². The number of hydrogen-bond acceptors (Lipinski definition) is 2. The van der Waals surface area contributed by atoms with E-state index >= 15 is 0 Å². The Labute approximate surface area is 113 Å². The zero-order valence-electron chi connectivity index (χ0n) is 12.5. The van der Waals surface area contributed by atoms with E-state index in [9.17, 15) is 0 Å². The predicted octanol–water partition coefficient (Wildman–Crippen LogP) is 3.20. The lowest BCUT2D eigenvalue weighted by Gasteiger charge is -2.32. The minimum atomic E-state index is 0.369. The molecule has 1 fully saturated rings. The van der Waals surface area contributed by atoms with Crippen molar-refractivity contribution in [1.82, 2.24) is 10.2 Å². The van der Waals surface area contributed by atoms with Gasteiger partial charge >= 0.3 is 0 Å². The molecular weight excluding hydrogens is 220 g/mol. The van der Waals surface area contributed by atoms with Gasteiger partial charge in [0.2, 0.25) is 0 Å². The molecule has 104 valence electrons. The van der Waals surface area contributed by atoms with Crippen LogP contribution < -0.4 is 5.32 Å². The molecule has 0 unspecified atom stereocenters. The largest absolute Gasteiger partial charge is 0.313 e. The molecule has 0 spiro atoms. The van der Waals surface area contributed by atoms with E-state index in [2.05, 4.69) is 37.1 Å². The molecule has 2 aliphatic rings. The van der Waals surface area contributed by atoms with Crippen LogP contribution >= 0.6 is 0 Å². The van der Waals surface area contributed by atoms with Crippen LogP contribution in [-0.4, -0.2) is 37.1 Å². The Balaban J connectivity index is 1.65. The summed E-state index contributed by atoms with van der Waals surface area (Å²) in [6.07, 6.45) is 9.37. The fraction of sp³-hybridized carbons (Fsp3) is 0.875. The molecule has 0 aromatic carbocycles. The van der Waals surface area contributed by atoms with Crippen LogP contribution in [0.2, 0.25) is 0 Å². The molecule has 1 heterocycles. The second-order valence-electron chi connectivity index (χ2n) is 6.97. The van der Waals surface area contributed by atoms with Crippen LogP contribution in [-0.2, 0) is 0 Å². The van der Waals surface area contributed by atoms with E-state index in [1.54, 1.807) is 5.57 Å². The molecule has 1 aliphatic heterocycles. The van der Waals surface area contributed by atoms with Crippen molar-refractivity contribution in [1.29, 1.82) is 0 Å². The zero-order chi connectivity index (χ0) is 13.0. The second-order valence-corrected chi connectivity index (χ2v) is 6.97. The van der Waals surface area contributed by atoms with Gasteiger partial charge in [0, 0.05) is 32.2 Å². The number of rotatable bonds is 4. The summed E-state index contributed by atoms with van der Waals surface area (Å²) >= 11 is 0. The summed E-state index contributed by atoms with van der Waals surface area (Å²) < 4.78 is 0. The standard InChI is InChI=1S/C16H30N2/c1-16(2,3)14-8-11-18(12-9-14)13-10-17-15-6-4-5-7-15/h8,15,17H,4-7,9-13H2,1-3H3. The highest BCUT2D eigenvalue weighted by Gasteiger charge is 2.21. The number of hydrogen-bond donors (Lipinski definition) is 1. The van der Waals surface area contributed by atoms with E-state index in [1.807, 2.05) is 0 Å². The molecule has 0 bridgehead atoms. The summed E-state index contributed by atoms with van der Waals surface area (Å²) in [5.74, 6) is 0. The van der Waals surface area contributed by atoms with Crippen molar-refractivity contribution in [3.8, 4) is 0 Å². The van der Waals surface area contributed by atoms with Crippen LogP contribution in [0.4, 0.5) is 0 Å². The van der Waals surface area contributed by atoms with Crippen molar-refractivity contribution in [3.63, 3.8) is 0 Å². The van der Waals surface area contributed by atoms with Gasteiger partial charge in [-0.1, -0.05) is 45.3 Å². The van der Waals surface area contributed by atoms with Gasteiger partial charge in [-0.15, -0.1) is 0 Å². The Hall–Kier alpha value is -0.340. The lowest BCUT2D eigenvalue weighted by molar-refractivity contribution is 0.274. The average Bonchev–Trinajstić information content (AvgIpc) is 2.82. The normalized spacial score (nSPS) is 23.4. The molecule has 0 aromatic rings. The van der Waals surface area contributed by atoms with Crippen molar-refractivity contribution < 1.29 is 0 Å². The van der Waals surface area contributed by atoms with Gasteiger partial charge in [-0.2, -0.15) is 0 Å². The van der Waals surface area contributed by atoms with E-state index in [1.165, 1.54) is 51.7 Å². The molecule has 18 heavy (non-hydrogen) atoms. The van der Waals surface area contributed by atoms with Crippen LogP contribution in [0.15, 0.2) is 11.6 Å². The van der Waals surface area contributed by atoms with E-state index in [4.69, 9.17) is 0 Å². The molecule has 1 saturated carbocycles. The van der Waals surface area contributed by atoms with E-state index in [-0.39, 0.29) is 0 Å². The molecule has 2 rings (SSSR count). The fourth-order valence-corrected chi connectivity index (χ4v) is 3.15. The third-order valence-electron chi connectivity index (χ3n) is 4.47. The molecule has 0 saturated heterocycles. The number of nitrogens with one attached hydrogen (secondary N) is 1. The van der Waals surface area contributed by atoms with Gasteiger partial charge in [-0.05, 0) is 24.7 Å². The minimum absolute atomic E-state index is 0.369. The van der Waals surface area contributed by atoms with E-state index in [0.29, 0.717) is 5.41 Å². The van der Waals surface area contributed by atoms with Crippen molar-refractivity contribution in [2.45, 2.75) is 58.9 Å².